The first-order valence-electron chi connectivity index (χ1n) is 7.51. The predicted molar refractivity (Wildman–Crippen MR) is 85.3 cm³/mol. The highest BCUT2D eigenvalue weighted by Gasteiger charge is 2.57. The van der Waals surface area contributed by atoms with Crippen LogP contribution in [0, 0.1) is 0 Å². The largest absolute Gasteiger partial charge is 0.363 e. The van der Waals surface area contributed by atoms with Crippen LogP contribution in [0.5, 0.6) is 0 Å². The molecule has 1 atom stereocenters. The Morgan fingerprint density at radius 1 is 1.25 bits per heavy atom. The van der Waals surface area contributed by atoms with Crippen LogP contribution in [0.15, 0.2) is 24.3 Å². The third-order valence-electron chi connectivity index (χ3n) is 5.00. The molecule has 112 valence electrons. The quantitative estimate of drug-likeness (QED) is 0.718. The van der Waals surface area contributed by atoms with Gasteiger partial charge in [0.15, 0.2) is 0 Å². The van der Waals surface area contributed by atoms with Crippen LogP contribution in [-0.2, 0) is 10.2 Å². The van der Waals surface area contributed by atoms with Gasteiger partial charge in [-0.15, -0.1) is 0 Å². The van der Waals surface area contributed by atoms with Crippen molar-refractivity contribution in [3.05, 3.63) is 34.9 Å². The second kappa shape index (κ2) is 6.05. The van der Waals surface area contributed by atoms with Gasteiger partial charge in [0.05, 0.1) is 0 Å². The van der Waals surface area contributed by atoms with Crippen LogP contribution in [0.1, 0.15) is 44.6 Å². The molecule has 2 nitrogen and oxygen atoms in total. The van der Waals surface area contributed by atoms with Gasteiger partial charge in [0.25, 0.3) is 0 Å². The topological polar surface area (TPSA) is 12.5 Å². The van der Waals surface area contributed by atoms with E-state index in [1.165, 1.54) is 24.8 Å². The number of rotatable bonds is 6. The molecule has 0 spiro atoms. The zero-order valence-electron chi connectivity index (χ0n) is 13.1. The van der Waals surface area contributed by atoms with Crippen molar-refractivity contribution in [2.24, 2.45) is 0 Å². The third kappa shape index (κ3) is 2.28. The van der Waals surface area contributed by atoms with Crippen LogP contribution in [0.4, 0.5) is 0 Å². The Labute approximate surface area is 128 Å². The summed E-state index contributed by atoms with van der Waals surface area (Å²) in [6.07, 6.45) is 5.78. The molecular formula is C17H26ClNO. The van der Waals surface area contributed by atoms with Crippen LogP contribution in [0.25, 0.3) is 0 Å². The summed E-state index contributed by atoms with van der Waals surface area (Å²) in [7, 11) is 6.12. The summed E-state index contributed by atoms with van der Waals surface area (Å²) in [5.74, 6) is 0. The Hall–Kier alpha value is -0.570. The van der Waals surface area contributed by atoms with Crippen molar-refractivity contribution in [3.8, 4) is 0 Å². The SMILES string of the molecule is CCCC(OC)(N(C)C)C1(c2ccc(Cl)cc2)CCC1. The van der Waals surface area contributed by atoms with E-state index < -0.39 is 0 Å². The molecule has 1 fully saturated rings. The molecule has 0 amide bonds. The first-order valence-corrected chi connectivity index (χ1v) is 7.89. The van der Waals surface area contributed by atoms with Crippen molar-refractivity contribution in [1.29, 1.82) is 0 Å². The van der Waals surface area contributed by atoms with Gasteiger partial charge in [-0.25, -0.2) is 0 Å². The van der Waals surface area contributed by atoms with Crippen molar-refractivity contribution in [1.82, 2.24) is 4.90 Å². The lowest BCUT2D eigenvalue weighted by Gasteiger charge is -2.58. The Morgan fingerprint density at radius 2 is 1.85 bits per heavy atom. The number of halogens is 1. The second-order valence-electron chi connectivity index (χ2n) is 6.08. The van der Waals surface area contributed by atoms with Gasteiger partial charge in [-0.3, -0.25) is 4.90 Å². The monoisotopic (exact) mass is 295 g/mol. The summed E-state index contributed by atoms with van der Waals surface area (Å²) in [6.45, 7) is 2.23. The summed E-state index contributed by atoms with van der Waals surface area (Å²) >= 11 is 6.05. The van der Waals surface area contributed by atoms with Crippen LogP contribution in [0.3, 0.4) is 0 Å². The number of nitrogens with zero attached hydrogens (tertiary/aromatic N) is 1. The van der Waals surface area contributed by atoms with Gasteiger partial charge in [0, 0.05) is 17.5 Å². The van der Waals surface area contributed by atoms with Gasteiger partial charge in [-0.2, -0.15) is 0 Å². The second-order valence-corrected chi connectivity index (χ2v) is 6.51. The summed E-state index contributed by atoms with van der Waals surface area (Å²) in [5, 5.41) is 0.798. The van der Waals surface area contributed by atoms with Crippen LogP contribution < -0.4 is 0 Å². The lowest BCUT2D eigenvalue weighted by atomic mass is 9.56. The maximum Gasteiger partial charge on any atom is 0.130 e. The molecule has 1 aromatic rings. The highest BCUT2D eigenvalue weighted by atomic mass is 35.5. The van der Waals surface area contributed by atoms with E-state index in [4.69, 9.17) is 16.3 Å². The molecular weight excluding hydrogens is 270 g/mol. The van der Waals surface area contributed by atoms with E-state index in [9.17, 15) is 0 Å². The van der Waals surface area contributed by atoms with E-state index in [2.05, 4.69) is 38.1 Å². The normalized spacial score (nSPS) is 20.5. The van der Waals surface area contributed by atoms with Crippen molar-refractivity contribution < 1.29 is 4.74 Å². The molecule has 0 bridgehead atoms. The van der Waals surface area contributed by atoms with Gasteiger partial charge < -0.3 is 4.74 Å². The highest BCUT2D eigenvalue weighted by molar-refractivity contribution is 6.30. The number of ether oxygens (including phenoxy) is 1. The lowest BCUT2D eigenvalue weighted by molar-refractivity contribution is -0.195. The molecule has 0 N–H and O–H groups in total. The predicted octanol–water partition coefficient (Wildman–Crippen LogP) is 4.47. The standard InChI is InChI=1S/C17H26ClNO/c1-5-11-17(20-4,19(2)3)16(12-6-13-16)14-7-9-15(18)10-8-14/h7-10H,5-6,11-13H2,1-4H3. The number of methoxy groups -OCH3 is 1. The van der Waals surface area contributed by atoms with Gasteiger partial charge in [0.2, 0.25) is 0 Å². The molecule has 1 aromatic carbocycles. The molecule has 0 radical (unpaired) electrons. The molecule has 1 saturated carbocycles. The molecule has 0 heterocycles. The first-order chi connectivity index (χ1) is 9.52. The van der Waals surface area contributed by atoms with Gasteiger partial charge in [0.1, 0.15) is 5.72 Å². The number of hydrogen-bond donors (Lipinski definition) is 0. The Morgan fingerprint density at radius 3 is 2.20 bits per heavy atom. The van der Waals surface area contributed by atoms with Crippen LogP contribution in [-0.4, -0.2) is 31.8 Å². The van der Waals surface area contributed by atoms with Crippen molar-refractivity contribution in [3.63, 3.8) is 0 Å². The molecule has 3 heteroatoms. The van der Waals surface area contributed by atoms with Gasteiger partial charge in [-0.1, -0.05) is 43.5 Å². The fourth-order valence-corrected chi connectivity index (χ4v) is 4.04. The Balaban J connectivity index is 2.49. The van der Waals surface area contributed by atoms with E-state index in [0.29, 0.717) is 0 Å². The molecule has 1 unspecified atom stereocenters. The number of hydrogen-bond acceptors (Lipinski definition) is 2. The zero-order chi connectivity index (χ0) is 14.8. The Kier molecular flexibility index (Phi) is 4.78. The minimum atomic E-state index is -0.228. The van der Waals surface area contributed by atoms with Gasteiger partial charge in [-0.05, 0) is 51.1 Å². The third-order valence-corrected chi connectivity index (χ3v) is 5.25. The summed E-state index contributed by atoms with van der Waals surface area (Å²) in [6, 6.07) is 8.35. The minimum Gasteiger partial charge on any atom is -0.363 e. The highest BCUT2D eigenvalue weighted by Crippen LogP contribution is 2.55. The molecule has 20 heavy (non-hydrogen) atoms. The van der Waals surface area contributed by atoms with Crippen LogP contribution >= 0.6 is 11.6 Å². The van der Waals surface area contributed by atoms with E-state index in [1.54, 1.807) is 0 Å². The number of likely N-dealkylation sites (N-methyl/N-ethyl adjacent to an activating group) is 1. The lowest BCUT2D eigenvalue weighted by Crippen LogP contribution is -2.64. The summed E-state index contributed by atoms with van der Waals surface area (Å²) in [5.41, 5.74) is 1.22. The van der Waals surface area contributed by atoms with Crippen molar-refractivity contribution >= 4 is 11.6 Å². The molecule has 0 saturated heterocycles. The average molecular weight is 296 g/mol. The maximum absolute atomic E-state index is 6.12. The van der Waals surface area contributed by atoms with Gasteiger partial charge >= 0.3 is 0 Å². The fraction of sp³-hybridized carbons (Fsp3) is 0.647. The molecule has 1 aliphatic rings. The molecule has 1 aliphatic carbocycles. The minimum absolute atomic E-state index is 0.0891. The first kappa shape index (κ1) is 15.8. The average Bonchev–Trinajstić information content (AvgIpc) is 2.38. The van der Waals surface area contributed by atoms with E-state index in [1.807, 2.05) is 19.2 Å². The fourth-order valence-electron chi connectivity index (χ4n) is 3.91. The Bertz CT molecular complexity index is 439. The smallest absolute Gasteiger partial charge is 0.130 e. The van der Waals surface area contributed by atoms with Crippen LogP contribution in [0.2, 0.25) is 5.02 Å². The van der Waals surface area contributed by atoms with Crippen molar-refractivity contribution in [2.75, 3.05) is 21.2 Å². The maximum atomic E-state index is 6.12. The van der Waals surface area contributed by atoms with E-state index in [-0.39, 0.29) is 11.1 Å². The molecule has 0 aliphatic heterocycles. The van der Waals surface area contributed by atoms with Crippen molar-refractivity contribution in [2.45, 2.75) is 50.2 Å². The van der Waals surface area contributed by atoms with E-state index in [0.717, 1.165) is 17.9 Å². The summed E-state index contributed by atoms with van der Waals surface area (Å²) < 4.78 is 6.12. The zero-order valence-corrected chi connectivity index (χ0v) is 13.8. The van der Waals surface area contributed by atoms with E-state index >= 15 is 0 Å². The molecule has 2 rings (SSSR count). The molecule has 0 aromatic heterocycles. The summed E-state index contributed by atoms with van der Waals surface area (Å²) in [4.78, 5) is 2.27. The number of benzene rings is 1.